The topological polar surface area (TPSA) is 205 Å². The highest BCUT2D eigenvalue weighted by Gasteiger charge is 2.45. The fraction of sp³-hybridized carbons (Fsp3) is 0.194. The summed E-state index contributed by atoms with van der Waals surface area (Å²) >= 11 is 19.5. The monoisotopic (exact) mass is 1280 g/mol. The fourth-order valence-corrected chi connectivity index (χ4v) is 11.4. The second-order valence-electron chi connectivity index (χ2n) is 19.1. The summed E-state index contributed by atoms with van der Waals surface area (Å²) in [4.78, 5) is 45.3. The summed E-state index contributed by atoms with van der Waals surface area (Å²) in [5, 5.41) is 33.8. The Balaban J connectivity index is 0.000000193. The van der Waals surface area contributed by atoms with Crippen molar-refractivity contribution >= 4 is 81.8 Å². The fourth-order valence-electron chi connectivity index (χ4n) is 9.01. The summed E-state index contributed by atoms with van der Waals surface area (Å²) in [7, 11) is 0. The standard InChI is InChI=1S/C31H26ClF2N5O3S.C22H17F2N5OS.C9H8Cl2O2/c1-20(29-38-28(15-43-29)22-6-9-25(35-2)10-7-22)31(16-39-18-36-17-37-39,26-11-8-24(33)13-27(26)34)42-19-41-30(40)23-5-3-4-21(12-23)14-32;1-14(21-28-20(10-31-21)16-4-2-15(9-25)3-5-16)22(30,11-29-13-26-12-27-29)18-7-6-17(23)8-19(18)24;10-5-7-2-1-3-8(4-7)9(12)13-6-11/h3-13,15,17-18,20H,2,14,16,19H2,1H3;2-8,10,12-14,30H,11H2,1H3;1-4H,5-6H2/t20-,31?;14-,22?;/m00./s1. The minimum absolute atomic E-state index is 0.0373. The minimum Gasteiger partial charge on any atom is -0.446 e. The molecule has 25 heteroatoms. The Morgan fingerprint density at radius 3 is 1.67 bits per heavy atom. The molecule has 0 bridgehead atoms. The van der Waals surface area contributed by atoms with Crippen molar-refractivity contribution in [1.29, 1.82) is 5.26 Å². The molecular weight excluding hydrogens is 1230 g/mol. The van der Waals surface area contributed by atoms with Crippen LogP contribution in [0.2, 0.25) is 0 Å². The van der Waals surface area contributed by atoms with Gasteiger partial charge in [-0.3, -0.25) is 4.99 Å². The maximum atomic E-state index is 15.6. The van der Waals surface area contributed by atoms with E-state index < -0.39 is 65.0 Å². The largest absolute Gasteiger partial charge is 0.446 e. The van der Waals surface area contributed by atoms with E-state index in [1.54, 1.807) is 73.7 Å². The van der Waals surface area contributed by atoms with Gasteiger partial charge in [0.1, 0.15) is 59.8 Å². The van der Waals surface area contributed by atoms with E-state index in [1.165, 1.54) is 69.5 Å². The van der Waals surface area contributed by atoms with Gasteiger partial charge in [-0.25, -0.2) is 56.5 Å². The normalized spacial score (nSPS) is 13.0. The van der Waals surface area contributed by atoms with Crippen molar-refractivity contribution in [3.63, 3.8) is 0 Å². The molecule has 2 unspecified atom stereocenters. The molecule has 16 nitrogen and oxygen atoms in total. The number of esters is 2. The number of hydrogen-bond acceptors (Lipinski definition) is 16. The molecular formula is C62H51Cl3F4N10O6S2. The predicted molar refractivity (Wildman–Crippen MR) is 324 cm³/mol. The first-order chi connectivity index (χ1) is 42.0. The number of rotatable bonds is 21. The Hall–Kier alpha value is -8.53. The van der Waals surface area contributed by atoms with E-state index in [-0.39, 0.29) is 41.7 Å². The molecule has 446 valence electrons. The number of carbonyl (C=O) groups is 2. The summed E-state index contributed by atoms with van der Waals surface area (Å²) in [6.45, 7) is 6.40. The molecule has 10 rings (SSSR count). The van der Waals surface area contributed by atoms with Crippen LogP contribution < -0.4 is 0 Å². The molecule has 0 aliphatic rings. The van der Waals surface area contributed by atoms with E-state index in [2.05, 4.69) is 47.7 Å². The van der Waals surface area contributed by atoms with Gasteiger partial charge >= 0.3 is 11.9 Å². The molecule has 0 spiro atoms. The van der Waals surface area contributed by atoms with Gasteiger partial charge in [0.15, 0.2) is 12.9 Å². The van der Waals surface area contributed by atoms with Gasteiger partial charge in [-0.15, -0.1) is 45.9 Å². The summed E-state index contributed by atoms with van der Waals surface area (Å²) < 4.78 is 77.2. The number of ether oxygens (including phenoxy) is 3. The number of hydrogen-bond donors (Lipinski definition) is 1. The number of aliphatic imine (C=N–C) groups is 1. The quantitative estimate of drug-likeness (QED) is 0.0234. The first kappa shape index (κ1) is 64.5. The van der Waals surface area contributed by atoms with Crippen molar-refractivity contribution < 1.29 is 46.5 Å². The SMILES string of the molecule is C=Nc1ccc(-c2csc([C@H](C)C(Cn3cncn3)(OCOC(=O)c3cccc(CCl)c3)c3ccc(F)cc3F)n2)cc1.C[C@@H](c1nc(-c2ccc(C#N)cc2)cs1)C(O)(Cn1cncn1)c1ccc(F)cc1F.O=C(OCCl)c1cccc(CCl)c1. The molecule has 4 heterocycles. The molecule has 6 aromatic carbocycles. The van der Waals surface area contributed by atoms with E-state index in [0.29, 0.717) is 38.4 Å². The van der Waals surface area contributed by atoms with Gasteiger partial charge in [0, 0.05) is 68.7 Å². The number of alkyl halides is 3. The number of thiazole rings is 2. The highest BCUT2D eigenvalue weighted by molar-refractivity contribution is 7.10. The Morgan fingerprint density at radius 2 is 1.18 bits per heavy atom. The summed E-state index contributed by atoms with van der Waals surface area (Å²) in [6, 6.07) is 36.3. The Kier molecular flexibility index (Phi) is 22.4. The van der Waals surface area contributed by atoms with Crippen LogP contribution in [0.3, 0.4) is 0 Å². The molecule has 0 saturated heterocycles. The molecule has 4 atom stereocenters. The number of carbonyl (C=O) groups excluding carboxylic acids is 2. The number of benzene rings is 6. The number of halogens is 7. The first-order valence-electron chi connectivity index (χ1n) is 26.1. The molecule has 0 amide bonds. The van der Waals surface area contributed by atoms with E-state index in [0.717, 1.165) is 52.2 Å². The van der Waals surface area contributed by atoms with Crippen molar-refractivity contribution in [1.82, 2.24) is 39.5 Å². The highest BCUT2D eigenvalue weighted by atomic mass is 35.5. The van der Waals surface area contributed by atoms with Crippen LogP contribution in [0.25, 0.3) is 22.5 Å². The van der Waals surface area contributed by atoms with Gasteiger partial charge in [0.05, 0.1) is 62.9 Å². The molecule has 0 aliphatic carbocycles. The van der Waals surface area contributed by atoms with Crippen molar-refractivity contribution in [2.24, 2.45) is 4.99 Å². The lowest BCUT2D eigenvalue weighted by atomic mass is 9.81. The highest BCUT2D eigenvalue weighted by Crippen LogP contribution is 2.45. The second kappa shape index (κ2) is 30.2. The zero-order valence-electron chi connectivity index (χ0n) is 46.2. The van der Waals surface area contributed by atoms with Crippen molar-refractivity contribution in [2.45, 2.75) is 61.7 Å². The summed E-state index contributed by atoms with van der Waals surface area (Å²) in [5.74, 6) is -4.91. The van der Waals surface area contributed by atoms with E-state index in [1.807, 2.05) is 48.0 Å². The van der Waals surface area contributed by atoms with Gasteiger partial charge in [-0.1, -0.05) is 86.1 Å². The molecule has 4 aromatic heterocycles. The predicted octanol–water partition coefficient (Wildman–Crippen LogP) is 14.3. The maximum Gasteiger partial charge on any atom is 0.340 e. The van der Waals surface area contributed by atoms with E-state index in [4.69, 9.17) is 54.5 Å². The van der Waals surface area contributed by atoms with Crippen LogP contribution in [0.15, 0.2) is 175 Å². The number of nitriles is 1. The van der Waals surface area contributed by atoms with Gasteiger partial charge in [-0.2, -0.15) is 15.5 Å². The molecule has 0 saturated carbocycles. The van der Waals surface area contributed by atoms with Crippen LogP contribution in [0.1, 0.15) is 84.2 Å². The molecule has 0 aliphatic heterocycles. The van der Waals surface area contributed by atoms with Gasteiger partial charge in [0.2, 0.25) is 0 Å². The number of aliphatic hydroxyl groups is 1. The third-order valence-corrected chi connectivity index (χ3v) is 16.5. The third kappa shape index (κ3) is 16.1. The van der Waals surface area contributed by atoms with Gasteiger partial charge in [-0.05, 0) is 78.5 Å². The van der Waals surface area contributed by atoms with E-state index >= 15 is 4.39 Å². The van der Waals surface area contributed by atoms with Crippen LogP contribution in [0.5, 0.6) is 0 Å². The van der Waals surface area contributed by atoms with Gasteiger partial charge in [0.25, 0.3) is 0 Å². The van der Waals surface area contributed by atoms with Gasteiger partial charge < -0.3 is 19.3 Å². The minimum atomic E-state index is -1.76. The Morgan fingerprint density at radius 1 is 0.678 bits per heavy atom. The van der Waals surface area contributed by atoms with Crippen molar-refractivity contribution in [3.05, 3.63) is 242 Å². The number of aromatic nitrogens is 8. The maximum absolute atomic E-state index is 15.6. The lowest BCUT2D eigenvalue weighted by molar-refractivity contribution is -0.148. The molecule has 87 heavy (non-hydrogen) atoms. The smallest absolute Gasteiger partial charge is 0.340 e. The Labute approximate surface area is 519 Å². The first-order valence-corrected chi connectivity index (χ1v) is 29.5. The zero-order valence-corrected chi connectivity index (χ0v) is 50.1. The van der Waals surface area contributed by atoms with Crippen molar-refractivity contribution in [3.8, 4) is 28.6 Å². The lowest BCUT2D eigenvalue weighted by Crippen LogP contribution is -2.42. The molecule has 0 fully saturated rings. The lowest BCUT2D eigenvalue weighted by Gasteiger charge is -2.38. The summed E-state index contributed by atoms with van der Waals surface area (Å²) in [5.41, 5.74) is 3.37. The van der Waals surface area contributed by atoms with Crippen LogP contribution in [0, 0.1) is 34.6 Å². The third-order valence-electron chi connectivity index (χ3n) is 13.7. The van der Waals surface area contributed by atoms with Crippen molar-refractivity contribution in [2.75, 3.05) is 12.9 Å². The Bertz CT molecular complexity index is 3970. The van der Waals surface area contributed by atoms with Crippen LogP contribution in [-0.2, 0) is 50.3 Å². The molecule has 10 aromatic rings. The molecule has 0 radical (unpaired) electrons. The van der Waals surface area contributed by atoms with E-state index in [9.17, 15) is 27.9 Å². The number of nitrogens with zero attached hydrogens (tertiary/aromatic N) is 10. The second-order valence-corrected chi connectivity index (χ2v) is 21.7. The average Bonchev–Trinajstić information content (AvgIpc) is 1.97. The summed E-state index contributed by atoms with van der Waals surface area (Å²) in [6.07, 6.45) is 5.53. The van der Waals surface area contributed by atoms with Crippen LogP contribution in [-0.4, -0.2) is 76.1 Å². The van der Waals surface area contributed by atoms with Crippen LogP contribution >= 0.6 is 57.5 Å². The zero-order chi connectivity index (χ0) is 62.1. The van der Waals surface area contributed by atoms with Crippen LogP contribution in [0.4, 0.5) is 23.2 Å². The molecule has 1 N–H and O–H groups in total. The average molecular weight is 1280 g/mol.